The van der Waals surface area contributed by atoms with Crippen molar-refractivity contribution in [1.29, 1.82) is 0 Å². The maximum atomic E-state index is 12.7. The van der Waals surface area contributed by atoms with Crippen LogP contribution in [0.4, 0.5) is 0 Å². The minimum absolute atomic E-state index is 0.0437. The second-order valence-electron chi connectivity index (χ2n) is 7.61. The minimum atomic E-state index is -0.287. The Morgan fingerprint density at radius 2 is 2.30 bits per heavy atom. The van der Waals surface area contributed by atoms with E-state index < -0.39 is 0 Å². The molecule has 0 radical (unpaired) electrons. The Kier molecular flexibility index (Phi) is 6.21. The minimum Gasteiger partial charge on any atom is -0.449 e. The van der Waals surface area contributed by atoms with Crippen molar-refractivity contribution in [3.63, 3.8) is 0 Å². The van der Waals surface area contributed by atoms with Crippen molar-refractivity contribution in [2.24, 2.45) is 5.92 Å². The van der Waals surface area contributed by atoms with E-state index in [2.05, 4.69) is 30.8 Å². The van der Waals surface area contributed by atoms with Gasteiger partial charge in [0.15, 0.2) is 0 Å². The Morgan fingerprint density at radius 1 is 1.47 bits per heavy atom. The molecule has 3 aromatic rings. The summed E-state index contributed by atoms with van der Waals surface area (Å²) in [7, 11) is 1.82. The normalized spacial score (nSPS) is 17.2. The molecular weight excluding hydrogens is 452 g/mol. The molecule has 0 saturated carbocycles. The third-order valence-corrected chi connectivity index (χ3v) is 5.97. The number of amides is 1. The van der Waals surface area contributed by atoms with Gasteiger partial charge < -0.3 is 19.0 Å². The molecule has 1 unspecified atom stereocenters. The zero-order valence-corrected chi connectivity index (χ0v) is 18.7. The van der Waals surface area contributed by atoms with Gasteiger partial charge in [-0.25, -0.2) is 4.98 Å². The first-order chi connectivity index (χ1) is 14.5. The predicted molar refractivity (Wildman–Crippen MR) is 117 cm³/mol. The summed E-state index contributed by atoms with van der Waals surface area (Å²) in [6, 6.07) is 5.59. The van der Waals surface area contributed by atoms with E-state index in [1.165, 1.54) is 0 Å². The summed E-state index contributed by atoms with van der Waals surface area (Å²) in [6.45, 7) is 5.66. The molecular formula is C21H25BrN4O4. The Bertz CT molecular complexity index is 1130. The van der Waals surface area contributed by atoms with E-state index in [9.17, 15) is 9.59 Å². The van der Waals surface area contributed by atoms with Crippen LogP contribution in [-0.2, 0) is 16.1 Å². The van der Waals surface area contributed by atoms with Crippen LogP contribution in [0.5, 0.6) is 0 Å². The number of H-pyrrole nitrogens is 1. The lowest BCUT2D eigenvalue weighted by Gasteiger charge is -2.21. The van der Waals surface area contributed by atoms with Crippen LogP contribution in [0.1, 0.15) is 19.2 Å². The summed E-state index contributed by atoms with van der Waals surface area (Å²) < 4.78 is 11.9. The number of hydrogen-bond donors (Lipinski definition) is 1. The fourth-order valence-electron chi connectivity index (χ4n) is 3.90. The van der Waals surface area contributed by atoms with Crippen molar-refractivity contribution in [2.75, 3.05) is 39.9 Å². The molecule has 4 rings (SSSR count). The van der Waals surface area contributed by atoms with Crippen LogP contribution in [-0.4, -0.2) is 65.6 Å². The topological polar surface area (TPSA) is 91.7 Å². The number of hydrogen-bond acceptors (Lipinski definition) is 6. The molecule has 2 aromatic heterocycles. The molecule has 160 valence electrons. The second-order valence-corrected chi connectivity index (χ2v) is 8.53. The molecule has 0 aliphatic carbocycles. The van der Waals surface area contributed by atoms with Crippen molar-refractivity contribution in [3.8, 4) is 0 Å². The largest absolute Gasteiger partial charge is 0.449 e. The van der Waals surface area contributed by atoms with E-state index in [0.29, 0.717) is 49.8 Å². The predicted octanol–water partition coefficient (Wildman–Crippen LogP) is 2.75. The summed E-state index contributed by atoms with van der Waals surface area (Å²) in [5.41, 5.74) is 1.14. The van der Waals surface area contributed by atoms with Crippen molar-refractivity contribution in [1.82, 2.24) is 19.8 Å². The average molecular weight is 477 g/mol. The number of benzene rings is 1. The van der Waals surface area contributed by atoms with Gasteiger partial charge in [-0.05, 0) is 38.1 Å². The lowest BCUT2D eigenvalue weighted by molar-refractivity contribution is -0.134. The lowest BCUT2D eigenvalue weighted by atomic mass is 10.1. The van der Waals surface area contributed by atoms with Gasteiger partial charge in [-0.15, -0.1) is 0 Å². The molecule has 1 N–H and O–H groups in total. The first-order valence-corrected chi connectivity index (χ1v) is 10.9. The van der Waals surface area contributed by atoms with Gasteiger partial charge in [0.05, 0.1) is 19.1 Å². The van der Waals surface area contributed by atoms with Gasteiger partial charge in [0.25, 0.3) is 5.56 Å². The molecule has 1 amide bonds. The summed E-state index contributed by atoms with van der Waals surface area (Å²) >= 11 is 3.45. The highest BCUT2D eigenvalue weighted by atomic mass is 79.9. The van der Waals surface area contributed by atoms with Gasteiger partial charge in [0, 0.05) is 36.6 Å². The number of halogens is 1. The SMILES string of the molecule is CCOCCN(C)C(=O)C1CCN(Cc2nc3c(oc4ccc(Br)cc43)c(=O)[nH]2)C1. The van der Waals surface area contributed by atoms with Crippen LogP contribution < -0.4 is 5.56 Å². The van der Waals surface area contributed by atoms with E-state index in [1.54, 1.807) is 4.90 Å². The highest BCUT2D eigenvalue weighted by Gasteiger charge is 2.30. The smallest absolute Gasteiger partial charge is 0.294 e. The molecule has 30 heavy (non-hydrogen) atoms. The maximum absolute atomic E-state index is 12.7. The molecule has 1 atom stereocenters. The van der Waals surface area contributed by atoms with Crippen molar-refractivity contribution in [2.45, 2.75) is 19.9 Å². The number of likely N-dealkylation sites (N-methyl/N-ethyl adjacent to an activating group) is 1. The number of nitrogens with one attached hydrogen (secondary N) is 1. The summed E-state index contributed by atoms with van der Waals surface area (Å²) in [5.74, 6) is 0.672. The lowest BCUT2D eigenvalue weighted by Crippen LogP contribution is -2.36. The molecule has 1 aliphatic rings. The van der Waals surface area contributed by atoms with Crippen molar-refractivity contribution >= 4 is 43.9 Å². The van der Waals surface area contributed by atoms with E-state index in [0.717, 1.165) is 22.8 Å². The molecule has 1 saturated heterocycles. The third-order valence-electron chi connectivity index (χ3n) is 5.48. The zero-order valence-electron chi connectivity index (χ0n) is 17.1. The number of rotatable bonds is 7. The Hall–Kier alpha value is -2.23. The number of furan rings is 1. The molecule has 0 spiro atoms. The van der Waals surface area contributed by atoms with Crippen LogP contribution in [0.2, 0.25) is 0 Å². The van der Waals surface area contributed by atoms with Crippen LogP contribution in [0.15, 0.2) is 31.9 Å². The van der Waals surface area contributed by atoms with Crippen LogP contribution in [0.3, 0.4) is 0 Å². The number of fused-ring (bicyclic) bond motifs is 3. The highest BCUT2D eigenvalue weighted by molar-refractivity contribution is 9.10. The van der Waals surface area contributed by atoms with E-state index in [-0.39, 0.29) is 23.0 Å². The summed E-state index contributed by atoms with van der Waals surface area (Å²) in [4.78, 5) is 36.6. The number of carbonyl (C=O) groups excluding carboxylic acids is 1. The number of ether oxygens (including phenoxy) is 1. The first kappa shape index (κ1) is 21.0. The number of nitrogens with zero attached hydrogens (tertiary/aromatic N) is 3. The molecule has 3 heterocycles. The van der Waals surface area contributed by atoms with E-state index >= 15 is 0 Å². The molecule has 0 bridgehead atoms. The molecule has 1 fully saturated rings. The fraction of sp³-hybridized carbons (Fsp3) is 0.476. The summed E-state index contributed by atoms with van der Waals surface area (Å²) in [5, 5.41) is 0.803. The zero-order chi connectivity index (χ0) is 21.3. The monoisotopic (exact) mass is 476 g/mol. The van der Waals surface area contributed by atoms with Gasteiger partial charge >= 0.3 is 0 Å². The van der Waals surface area contributed by atoms with E-state index in [4.69, 9.17) is 9.15 Å². The van der Waals surface area contributed by atoms with Gasteiger partial charge in [0.2, 0.25) is 11.5 Å². The van der Waals surface area contributed by atoms with Crippen molar-refractivity contribution < 1.29 is 13.9 Å². The first-order valence-electron chi connectivity index (χ1n) is 10.1. The second kappa shape index (κ2) is 8.87. The number of carbonyl (C=O) groups is 1. The maximum Gasteiger partial charge on any atom is 0.294 e. The molecule has 9 heteroatoms. The van der Waals surface area contributed by atoms with Gasteiger partial charge in [0.1, 0.15) is 16.9 Å². The Labute approximate surface area is 182 Å². The average Bonchev–Trinajstić information content (AvgIpc) is 3.32. The number of aromatic amines is 1. The molecule has 1 aromatic carbocycles. The van der Waals surface area contributed by atoms with Gasteiger partial charge in [-0.3, -0.25) is 14.5 Å². The number of likely N-dealkylation sites (tertiary alicyclic amines) is 1. The quantitative estimate of drug-likeness (QED) is 0.527. The molecule has 1 aliphatic heterocycles. The van der Waals surface area contributed by atoms with Crippen LogP contribution in [0, 0.1) is 5.92 Å². The molecule has 8 nitrogen and oxygen atoms in total. The van der Waals surface area contributed by atoms with Crippen molar-refractivity contribution in [3.05, 3.63) is 38.9 Å². The van der Waals surface area contributed by atoms with Gasteiger partial charge in [-0.2, -0.15) is 0 Å². The third kappa shape index (κ3) is 4.28. The van der Waals surface area contributed by atoms with E-state index in [1.807, 2.05) is 32.2 Å². The standard InChI is InChI=1S/C21H25BrN4O4/c1-3-29-9-8-25(2)21(28)13-6-7-26(11-13)12-17-23-18-15-10-14(22)4-5-16(15)30-19(18)20(27)24-17/h4-5,10,13H,3,6-9,11-12H2,1-2H3,(H,23,24,27). The van der Waals surface area contributed by atoms with Gasteiger partial charge in [-0.1, -0.05) is 15.9 Å². The Balaban J connectivity index is 1.47. The number of aromatic nitrogens is 2. The Morgan fingerprint density at radius 3 is 3.10 bits per heavy atom. The summed E-state index contributed by atoms with van der Waals surface area (Å²) in [6.07, 6.45) is 0.797. The van der Waals surface area contributed by atoms with Crippen LogP contribution >= 0.6 is 15.9 Å². The highest BCUT2D eigenvalue weighted by Crippen LogP contribution is 2.28. The fourth-order valence-corrected chi connectivity index (χ4v) is 4.27. The van der Waals surface area contributed by atoms with Crippen LogP contribution in [0.25, 0.3) is 22.1 Å².